The lowest BCUT2D eigenvalue weighted by atomic mass is 10.0. The molecule has 0 heterocycles. The van der Waals surface area contributed by atoms with Crippen LogP contribution < -0.4 is 5.11 Å². The van der Waals surface area contributed by atoms with Crippen molar-refractivity contribution in [2.45, 2.75) is 174 Å². The third-order valence-electron chi connectivity index (χ3n) is 9.27. The summed E-state index contributed by atoms with van der Waals surface area (Å²) in [6, 6.07) is -0.730. The molecule has 8 heteroatoms. The summed E-state index contributed by atoms with van der Waals surface area (Å²) in [5, 5.41) is 11.6. The summed E-state index contributed by atoms with van der Waals surface area (Å²) in [6.45, 7) is 4.53. The van der Waals surface area contributed by atoms with Crippen LogP contribution in [0.3, 0.4) is 0 Å². The van der Waals surface area contributed by atoms with E-state index in [1.54, 1.807) is 21.1 Å². The van der Waals surface area contributed by atoms with Crippen molar-refractivity contribution in [2.75, 3.05) is 41.0 Å². The number of nitrogens with zero attached hydrogens (tertiary/aromatic N) is 1. The average Bonchev–Trinajstić information content (AvgIpc) is 3.12. The molecule has 0 amide bonds. The van der Waals surface area contributed by atoms with E-state index in [1.807, 2.05) is 36.5 Å². The Labute approximate surface area is 330 Å². The number of carbonyl (C=O) groups is 3. The van der Waals surface area contributed by atoms with Crippen molar-refractivity contribution in [3.05, 3.63) is 60.8 Å². The Balaban J connectivity index is 4.41. The molecule has 2 atom stereocenters. The Morgan fingerprint density at radius 3 is 1.52 bits per heavy atom. The molecule has 0 aromatic carbocycles. The number of ether oxygens (including phenoxy) is 3. The normalized spacial score (nSPS) is 13.6. The van der Waals surface area contributed by atoms with Crippen LogP contribution in [0.1, 0.15) is 162 Å². The Kier molecular flexibility index (Phi) is 34.9. The minimum Gasteiger partial charge on any atom is -0.544 e. The van der Waals surface area contributed by atoms with E-state index in [0.29, 0.717) is 12.8 Å². The minimum atomic E-state index is -1.13. The summed E-state index contributed by atoms with van der Waals surface area (Å²) in [7, 11) is 5.39. The molecule has 54 heavy (non-hydrogen) atoms. The number of hydrogen-bond acceptors (Lipinski definition) is 7. The van der Waals surface area contributed by atoms with E-state index in [1.165, 1.54) is 64.2 Å². The van der Waals surface area contributed by atoms with Crippen LogP contribution >= 0.6 is 0 Å². The number of unbranched alkanes of at least 4 members (excludes halogenated alkanes) is 17. The van der Waals surface area contributed by atoms with Gasteiger partial charge in [-0.2, -0.15) is 0 Å². The molecule has 0 fully saturated rings. The molecule has 0 saturated carbocycles. The van der Waals surface area contributed by atoms with Gasteiger partial charge in [0.2, 0.25) is 0 Å². The van der Waals surface area contributed by atoms with Crippen LogP contribution in [0.15, 0.2) is 60.8 Å². The first kappa shape index (κ1) is 51.0. The van der Waals surface area contributed by atoms with Gasteiger partial charge in [0.05, 0.1) is 40.3 Å². The lowest BCUT2D eigenvalue weighted by Gasteiger charge is -2.34. The molecule has 310 valence electrons. The van der Waals surface area contributed by atoms with Gasteiger partial charge in [0, 0.05) is 19.3 Å². The second kappa shape index (κ2) is 37.0. The van der Waals surface area contributed by atoms with Gasteiger partial charge in [-0.3, -0.25) is 9.59 Å². The molecule has 8 nitrogen and oxygen atoms in total. The summed E-state index contributed by atoms with van der Waals surface area (Å²) in [4.78, 5) is 36.8. The molecule has 0 aliphatic carbocycles. The number of esters is 2. The Hall–Kier alpha value is -2.97. The number of likely N-dealkylation sites (N-methyl/N-ethyl adjacent to an activating group) is 1. The highest BCUT2D eigenvalue weighted by molar-refractivity contribution is 5.70. The van der Waals surface area contributed by atoms with Crippen LogP contribution in [0.25, 0.3) is 0 Å². The van der Waals surface area contributed by atoms with Gasteiger partial charge < -0.3 is 28.6 Å². The fraction of sp³-hybridized carbons (Fsp3) is 0.717. The third-order valence-corrected chi connectivity index (χ3v) is 9.27. The number of quaternary nitrogens is 1. The number of allylic oxidation sites excluding steroid dienone is 10. The molecule has 0 aromatic rings. The second-order valence-corrected chi connectivity index (χ2v) is 15.4. The van der Waals surface area contributed by atoms with E-state index >= 15 is 0 Å². The van der Waals surface area contributed by atoms with Gasteiger partial charge in [0.15, 0.2) is 6.10 Å². The van der Waals surface area contributed by atoms with Crippen molar-refractivity contribution in [1.82, 2.24) is 0 Å². The van der Waals surface area contributed by atoms with Crippen LogP contribution in [0.5, 0.6) is 0 Å². The van der Waals surface area contributed by atoms with Gasteiger partial charge >= 0.3 is 11.9 Å². The van der Waals surface area contributed by atoms with Crippen molar-refractivity contribution in [3.63, 3.8) is 0 Å². The predicted octanol–water partition coefficient (Wildman–Crippen LogP) is 10.1. The summed E-state index contributed by atoms with van der Waals surface area (Å²) in [6.07, 6.45) is 43.7. The molecule has 2 unspecified atom stereocenters. The van der Waals surface area contributed by atoms with Crippen LogP contribution in [-0.2, 0) is 28.6 Å². The molecule has 0 aliphatic heterocycles. The SMILES string of the molecule is CCC/C=C/C=C/C=C/C=C/C=C/CCCCCCCC(=O)OCC(COCCC(C(=O)[O-])[N+](C)(C)C)OC(=O)CCCCCCCCCCCCCC. The Bertz CT molecular complexity index is 1070. The third kappa shape index (κ3) is 34.8. The standard InChI is InChI=1S/C46H79NO7/c1-6-8-10-12-14-16-18-20-21-22-23-24-25-27-28-30-32-34-36-44(48)53-41-42(40-52-39-38-43(46(50)51)47(3,4)5)54-45(49)37-35-33-31-29-26-19-17-15-13-11-9-7-2/h10,12,14,16,18,20-24,42-43H,6-9,11,13,15,17,19,25-41H2,1-5H3/b12-10+,16-14+,20-18+,22-21+,24-23+. The maximum absolute atomic E-state index is 12.7. The maximum atomic E-state index is 12.7. The first-order valence-corrected chi connectivity index (χ1v) is 21.4. The zero-order chi connectivity index (χ0) is 40.0. The monoisotopic (exact) mass is 758 g/mol. The molecule has 0 saturated heterocycles. The van der Waals surface area contributed by atoms with Gasteiger partial charge in [0.25, 0.3) is 0 Å². The van der Waals surface area contributed by atoms with Crippen LogP contribution in [0.4, 0.5) is 0 Å². The lowest BCUT2D eigenvalue weighted by Crippen LogP contribution is -2.55. The summed E-state index contributed by atoms with van der Waals surface area (Å²) >= 11 is 0. The molecule has 0 aliphatic rings. The van der Waals surface area contributed by atoms with E-state index in [-0.39, 0.29) is 42.7 Å². The number of hydrogen-bond donors (Lipinski definition) is 0. The summed E-state index contributed by atoms with van der Waals surface area (Å²) in [5.74, 6) is -1.77. The molecule has 0 bridgehead atoms. The fourth-order valence-corrected chi connectivity index (χ4v) is 5.92. The smallest absolute Gasteiger partial charge is 0.306 e. The Morgan fingerprint density at radius 2 is 1.02 bits per heavy atom. The van der Waals surface area contributed by atoms with E-state index in [0.717, 1.165) is 64.2 Å². The molecular weight excluding hydrogens is 679 g/mol. The molecular formula is C46H79NO7. The number of rotatable bonds is 37. The number of carboxylic acids is 1. The van der Waals surface area contributed by atoms with Crippen molar-refractivity contribution in [2.24, 2.45) is 0 Å². The predicted molar refractivity (Wildman–Crippen MR) is 222 cm³/mol. The minimum absolute atomic E-state index is 0.0314. The first-order chi connectivity index (χ1) is 26.1. The lowest BCUT2D eigenvalue weighted by molar-refractivity contribution is -0.889. The van der Waals surface area contributed by atoms with E-state index in [4.69, 9.17) is 14.2 Å². The first-order valence-electron chi connectivity index (χ1n) is 21.4. The summed E-state index contributed by atoms with van der Waals surface area (Å²) < 4.78 is 17.1. The van der Waals surface area contributed by atoms with Crippen LogP contribution in [-0.4, -0.2) is 75.5 Å². The van der Waals surface area contributed by atoms with Crippen LogP contribution in [0.2, 0.25) is 0 Å². The van der Waals surface area contributed by atoms with Crippen LogP contribution in [0, 0.1) is 0 Å². The highest BCUT2D eigenvalue weighted by atomic mass is 16.6. The van der Waals surface area contributed by atoms with Crippen molar-refractivity contribution in [3.8, 4) is 0 Å². The largest absolute Gasteiger partial charge is 0.544 e. The van der Waals surface area contributed by atoms with Gasteiger partial charge in [-0.15, -0.1) is 0 Å². The van der Waals surface area contributed by atoms with Gasteiger partial charge in [-0.1, -0.05) is 171 Å². The number of aliphatic carboxylic acids is 1. The number of carboxylic acid groups (broad SMARTS) is 1. The summed E-state index contributed by atoms with van der Waals surface area (Å²) in [5.41, 5.74) is 0. The van der Waals surface area contributed by atoms with Crippen molar-refractivity contribution in [1.29, 1.82) is 0 Å². The molecule has 0 rings (SSSR count). The molecule has 0 aromatic heterocycles. The zero-order valence-electron chi connectivity index (χ0n) is 35.1. The van der Waals surface area contributed by atoms with Gasteiger partial charge in [0.1, 0.15) is 12.6 Å². The van der Waals surface area contributed by atoms with E-state index in [2.05, 4.69) is 38.2 Å². The molecule has 0 spiro atoms. The van der Waals surface area contributed by atoms with Crippen molar-refractivity contribution < 1.29 is 38.2 Å². The Morgan fingerprint density at radius 1 is 0.556 bits per heavy atom. The average molecular weight is 758 g/mol. The topological polar surface area (TPSA) is 102 Å². The van der Waals surface area contributed by atoms with Gasteiger partial charge in [-0.25, -0.2) is 0 Å². The molecule has 0 N–H and O–H groups in total. The molecule has 0 radical (unpaired) electrons. The second-order valence-electron chi connectivity index (χ2n) is 15.4. The van der Waals surface area contributed by atoms with Gasteiger partial charge in [-0.05, 0) is 32.1 Å². The highest BCUT2D eigenvalue weighted by Gasteiger charge is 2.25. The quantitative estimate of drug-likeness (QED) is 0.0269. The van der Waals surface area contributed by atoms with Crippen molar-refractivity contribution >= 4 is 17.9 Å². The zero-order valence-corrected chi connectivity index (χ0v) is 35.1. The highest BCUT2D eigenvalue weighted by Crippen LogP contribution is 2.14. The maximum Gasteiger partial charge on any atom is 0.306 e. The fourth-order valence-electron chi connectivity index (χ4n) is 5.92. The number of carbonyl (C=O) groups excluding carboxylic acids is 3. The van der Waals surface area contributed by atoms with E-state index in [9.17, 15) is 19.5 Å². The van der Waals surface area contributed by atoms with E-state index < -0.39 is 18.1 Å².